The number of nitrogens with zero attached hydrogens (tertiary/aromatic N) is 3. The Morgan fingerprint density at radius 1 is 1.17 bits per heavy atom. The molecule has 0 radical (unpaired) electrons. The van der Waals surface area contributed by atoms with Crippen molar-refractivity contribution in [3.05, 3.63) is 28.8 Å². The van der Waals surface area contributed by atoms with E-state index in [-0.39, 0.29) is 11.9 Å². The quantitative estimate of drug-likeness (QED) is 0.919. The summed E-state index contributed by atoms with van der Waals surface area (Å²) in [5, 5.41) is 3.73. The summed E-state index contributed by atoms with van der Waals surface area (Å²) in [6, 6.07) is 5.27. The molecule has 1 fully saturated rings. The Balaban J connectivity index is 2.08. The van der Waals surface area contributed by atoms with Gasteiger partial charge >= 0.3 is 6.03 Å². The van der Waals surface area contributed by atoms with Gasteiger partial charge < -0.3 is 20.0 Å². The first-order valence-electron chi connectivity index (χ1n) is 7.73. The van der Waals surface area contributed by atoms with Crippen molar-refractivity contribution in [1.29, 1.82) is 0 Å². The fraction of sp³-hybridized carbons (Fsp3) is 0.500. The number of rotatable bonds is 3. The van der Waals surface area contributed by atoms with Crippen LogP contribution in [0, 0.1) is 0 Å². The van der Waals surface area contributed by atoms with E-state index in [0.717, 1.165) is 12.2 Å². The molecule has 0 bridgehead atoms. The van der Waals surface area contributed by atoms with Crippen LogP contribution in [0.2, 0.25) is 5.02 Å². The molecule has 3 amide bonds. The summed E-state index contributed by atoms with van der Waals surface area (Å²) in [5.41, 5.74) is 1.36. The van der Waals surface area contributed by atoms with E-state index in [1.54, 1.807) is 40.9 Å². The van der Waals surface area contributed by atoms with Crippen molar-refractivity contribution in [3.8, 4) is 0 Å². The normalized spacial score (nSPS) is 14.6. The molecule has 1 N–H and O–H groups in total. The van der Waals surface area contributed by atoms with E-state index in [4.69, 9.17) is 11.6 Å². The van der Waals surface area contributed by atoms with Crippen molar-refractivity contribution < 1.29 is 9.59 Å². The highest BCUT2D eigenvalue weighted by Gasteiger charge is 2.26. The molecule has 23 heavy (non-hydrogen) atoms. The van der Waals surface area contributed by atoms with Crippen molar-refractivity contribution in [2.45, 2.75) is 6.92 Å². The molecule has 0 atom stereocenters. The second-order valence-electron chi connectivity index (χ2n) is 5.68. The topological polar surface area (TPSA) is 55.9 Å². The van der Waals surface area contributed by atoms with Crippen LogP contribution in [-0.4, -0.2) is 73.5 Å². The number of halogens is 1. The highest BCUT2D eigenvalue weighted by Crippen LogP contribution is 2.23. The fourth-order valence-electron chi connectivity index (χ4n) is 2.59. The van der Waals surface area contributed by atoms with Gasteiger partial charge in [0, 0.05) is 57.5 Å². The largest absolute Gasteiger partial charge is 0.385 e. The van der Waals surface area contributed by atoms with Gasteiger partial charge in [0.05, 0.1) is 5.56 Å². The Labute approximate surface area is 142 Å². The molecule has 2 rings (SSSR count). The monoisotopic (exact) mass is 338 g/mol. The SMILES string of the molecule is CCNc1ccc(Cl)cc1C(=O)N1CCN(C(=O)N(C)C)CC1. The fourth-order valence-corrected chi connectivity index (χ4v) is 2.76. The molecule has 0 saturated carbocycles. The van der Waals surface area contributed by atoms with Crippen LogP contribution in [0.1, 0.15) is 17.3 Å². The van der Waals surface area contributed by atoms with Gasteiger partial charge in [0.2, 0.25) is 0 Å². The molecule has 0 aliphatic carbocycles. The molecule has 126 valence electrons. The summed E-state index contributed by atoms with van der Waals surface area (Å²) >= 11 is 6.04. The minimum Gasteiger partial charge on any atom is -0.385 e. The number of carbonyl (C=O) groups is 2. The highest BCUT2D eigenvalue weighted by molar-refractivity contribution is 6.31. The number of anilines is 1. The van der Waals surface area contributed by atoms with Gasteiger partial charge in [-0.3, -0.25) is 4.79 Å². The third-order valence-corrected chi connectivity index (χ3v) is 4.03. The molecule has 0 unspecified atom stereocenters. The zero-order valence-corrected chi connectivity index (χ0v) is 14.6. The summed E-state index contributed by atoms with van der Waals surface area (Å²) in [7, 11) is 3.46. The third kappa shape index (κ3) is 4.07. The molecular weight excluding hydrogens is 316 g/mol. The van der Waals surface area contributed by atoms with Crippen molar-refractivity contribution in [3.63, 3.8) is 0 Å². The minimum atomic E-state index is -0.0552. The zero-order chi connectivity index (χ0) is 17.0. The molecule has 0 aromatic heterocycles. The number of nitrogens with one attached hydrogen (secondary N) is 1. The van der Waals surface area contributed by atoms with Crippen LogP contribution in [-0.2, 0) is 0 Å². The summed E-state index contributed by atoms with van der Waals surface area (Å²) in [6.07, 6.45) is 0. The lowest BCUT2D eigenvalue weighted by atomic mass is 10.1. The molecule has 1 aliphatic heterocycles. The maximum atomic E-state index is 12.8. The maximum absolute atomic E-state index is 12.8. The van der Waals surface area contributed by atoms with E-state index in [0.29, 0.717) is 36.8 Å². The summed E-state index contributed by atoms with van der Waals surface area (Å²) in [5.74, 6) is -0.0552. The van der Waals surface area contributed by atoms with E-state index in [1.807, 2.05) is 13.0 Å². The predicted octanol–water partition coefficient (Wildman–Crippen LogP) is 2.21. The standard InChI is InChI=1S/C16H23ClN4O2/c1-4-18-14-6-5-12(17)11-13(14)15(22)20-7-9-21(10-8-20)16(23)19(2)3/h5-6,11,18H,4,7-10H2,1-3H3. The molecule has 1 heterocycles. The molecular formula is C16H23ClN4O2. The summed E-state index contributed by atoms with van der Waals surface area (Å²) in [4.78, 5) is 29.8. The average Bonchev–Trinajstić information content (AvgIpc) is 2.55. The number of urea groups is 1. The molecule has 1 aromatic carbocycles. The number of piperazine rings is 1. The van der Waals surface area contributed by atoms with E-state index in [9.17, 15) is 9.59 Å². The van der Waals surface area contributed by atoms with Crippen LogP contribution >= 0.6 is 11.6 Å². The van der Waals surface area contributed by atoms with Crippen LogP contribution in [0.25, 0.3) is 0 Å². The van der Waals surface area contributed by atoms with Gasteiger partial charge in [-0.05, 0) is 25.1 Å². The first kappa shape index (κ1) is 17.4. The Morgan fingerprint density at radius 3 is 2.35 bits per heavy atom. The van der Waals surface area contributed by atoms with Gasteiger partial charge in [0.1, 0.15) is 0 Å². The van der Waals surface area contributed by atoms with E-state index in [1.165, 1.54) is 0 Å². The van der Waals surface area contributed by atoms with Crippen LogP contribution in [0.3, 0.4) is 0 Å². The second-order valence-corrected chi connectivity index (χ2v) is 6.11. The Bertz CT molecular complexity index is 583. The van der Waals surface area contributed by atoms with Crippen molar-refractivity contribution in [2.24, 2.45) is 0 Å². The van der Waals surface area contributed by atoms with Crippen LogP contribution in [0.15, 0.2) is 18.2 Å². The van der Waals surface area contributed by atoms with Crippen molar-refractivity contribution >= 4 is 29.2 Å². The minimum absolute atomic E-state index is 0.0202. The molecule has 1 aromatic rings. The Kier molecular flexibility index (Phi) is 5.71. The predicted molar refractivity (Wildman–Crippen MR) is 92.2 cm³/mol. The average molecular weight is 339 g/mol. The lowest BCUT2D eigenvalue weighted by molar-refractivity contribution is 0.0651. The van der Waals surface area contributed by atoms with Gasteiger partial charge in [0.15, 0.2) is 0 Å². The maximum Gasteiger partial charge on any atom is 0.319 e. The van der Waals surface area contributed by atoms with Crippen LogP contribution in [0.5, 0.6) is 0 Å². The van der Waals surface area contributed by atoms with Gasteiger partial charge in [-0.15, -0.1) is 0 Å². The molecule has 6 nitrogen and oxygen atoms in total. The number of carbonyl (C=O) groups excluding carboxylic acids is 2. The molecule has 1 saturated heterocycles. The van der Waals surface area contributed by atoms with E-state index < -0.39 is 0 Å². The molecule has 7 heteroatoms. The number of hydrogen-bond donors (Lipinski definition) is 1. The lowest BCUT2D eigenvalue weighted by Crippen LogP contribution is -2.52. The number of amides is 3. The van der Waals surface area contributed by atoms with Crippen LogP contribution in [0.4, 0.5) is 10.5 Å². The Hall–Kier alpha value is -1.95. The van der Waals surface area contributed by atoms with Crippen molar-refractivity contribution in [2.75, 3.05) is 52.1 Å². The first-order chi connectivity index (χ1) is 10.9. The number of hydrogen-bond acceptors (Lipinski definition) is 3. The van der Waals surface area contributed by atoms with Gasteiger partial charge in [-0.1, -0.05) is 11.6 Å². The highest BCUT2D eigenvalue weighted by atomic mass is 35.5. The third-order valence-electron chi connectivity index (χ3n) is 3.80. The smallest absolute Gasteiger partial charge is 0.319 e. The van der Waals surface area contributed by atoms with Gasteiger partial charge in [-0.2, -0.15) is 0 Å². The van der Waals surface area contributed by atoms with Gasteiger partial charge in [0.25, 0.3) is 5.91 Å². The van der Waals surface area contributed by atoms with Crippen molar-refractivity contribution in [1.82, 2.24) is 14.7 Å². The lowest BCUT2D eigenvalue weighted by Gasteiger charge is -2.36. The summed E-state index contributed by atoms with van der Waals surface area (Å²) < 4.78 is 0. The van der Waals surface area contributed by atoms with E-state index in [2.05, 4.69) is 5.32 Å². The molecule has 0 spiro atoms. The zero-order valence-electron chi connectivity index (χ0n) is 13.8. The second kappa shape index (κ2) is 7.55. The Morgan fingerprint density at radius 2 is 1.78 bits per heavy atom. The molecule has 1 aliphatic rings. The summed E-state index contributed by atoms with van der Waals surface area (Å²) in [6.45, 7) is 4.84. The van der Waals surface area contributed by atoms with Gasteiger partial charge in [-0.25, -0.2) is 4.79 Å². The number of benzene rings is 1. The first-order valence-corrected chi connectivity index (χ1v) is 8.10. The van der Waals surface area contributed by atoms with Crippen LogP contribution < -0.4 is 5.32 Å². The van der Waals surface area contributed by atoms with E-state index >= 15 is 0 Å².